The quantitative estimate of drug-likeness (QED) is 0.303. The van der Waals surface area contributed by atoms with E-state index in [2.05, 4.69) is 35.5 Å². The van der Waals surface area contributed by atoms with Gasteiger partial charge >= 0.3 is 0 Å². The Morgan fingerprint density at radius 1 is 0.513 bits per heavy atom. The minimum atomic E-state index is -1.26. The van der Waals surface area contributed by atoms with Crippen LogP contribution in [0.4, 0.5) is 0 Å². The van der Waals surface area contributed by atoms with Gasteiger partial charge in [-0.3, -0.25) is 0 Å². The molecule has 0 radical (unpaired) electrons. The average molecular weight is 509 g/mol. The number of hydrogen-bond acceptors (Lipinski definition) is 6. The monoisotopic (exact) mass is 509 g/mol. The molecule has 39 heavy (non-hydrogen) atoms. The Labute approximate surface area is 225 Å². The van der Waals surface area contributed by atoms with E-state index >= 15 is 0 Å². The van der Waals surface area contributed by atoms with Gasteiger partial charge in [-0.15, -0.1) is 0 Å². The molecule has 0 saturated carbocycles. The second-order valence-corrected chi connectivity index (χ2v) is 8.07. The summed E-state index contributed by atoms with van der Waals surface area (Å²) in [5.74, 6) is 16.2. The highest BCUT2D eigenvalue weighted by Crippen LogP contribution is 2.13. The van der Waals surface area contributed by atoms with Crippen molar-refractivity contribution in [3.05, 3.63) is 136 Å². The van der Waals surface area contributed by atoms with Crippen molar-refractivity contribution in [2.24, 2.45) is 0 Å². The molecule has 0 bridgehead atoms. The first kappa shape index (κ1) is 26.3. The number of carboxylic acids is 2. The van der Waals surface area contributed by atoms with Crippen LogP contribution in [0.3, 0.4) is 0 Å². The maximum Gasteiger partial charge on any atom is 0.117 e. The molecule has 4 aromatic rings. The zero-order valence-corrected chi connectivity index (χ0v) is 20.3. The summed E-state index contributed by atoms with van der Waals surface area (Å²) in [4.78, 5) is 21.9. The largest absolute Gasteiger partial charge is 0.824 e. The highest BCUT2D eigenvalue weighted by molar-refractivity contribution is 5.86. The lowest BCUT2D eigenvalue weighted by Crippen LogP contribution is -2.21. The van der Waals surface area contributed by atoms with Crippen LogP contribution in [0.2, 0.25) is 0 Å². The normalized spacial score (nSPS) is 9.56. The van der Waals surface area contributed by atoms with Gasteiger partial charge in [0.2, 0.25) is 0 Å². The third kappa shape index (κ3) is 7.62. The molecule has 0 aliphatic carbocycles. The summed E-state index contributed by atoms with van der Waals surface area (Å²) in [7, 11) is 0. The summed E-state index contributed by atoms with van der Waals surface area (Å²) in [5.41, 5.74) is 4.04. The Morgan fingerprint density at radius 2 is 0.821 bits per heavy atom. The molecule has 4 aromatic carbocycles. The van der Waals surface area contributed by atoms with Crippen molar-refractivity contribution in [3.8, 4) is 41.3 Å². The van der Waals surface area contributed by atoms with Crippen LogP contribution in [0.15, 0.2) is 91.0 Å². The first-order chi connectivity index (χ1) is 18.9. The van der Waals surface area contributed by atoms with Gasteiger partial charge in [-0.2, -0.15) is 0 Å². The molecule has 0 spiro atoms. The molecular weight excluding hydrogens is 492 g/mol. The zero-order chi connectivity index (χ0) is 27.6. The second kappa shape index (κ2) is 12.5. The van der Waals surface area contributed by atoms with Crippen molar-refractivity contribution in [2.45, 2.75) is 0 Å². The standard InChI is InChI=1S/C33H19O6/c34-22-39-31-17-11-25(12-18-31)3-6-28-20-26(4-1-23-7-13-29(14-8-23)32(35)36)19-27(21-28)5-2-24-9-15-30(16-10-24)33(37)38/h7-21H,22H2,(H,35,36)(H,37,38)/q-1/p-2. The number of carbonyl (C=O) groups excluding carboxylic acids is 2. The number of rotatable bonds is 4. The Morgan fingerprint density at radius 3 is 1.13 bits per heavy atom. The van der Waals surface area contributed by atoms with Crippen LogP contribution in [-0.4, -0.2) is 18.7 Å². The van der Waals surface area contributed by atoms with E-state index in [0.29, 0.717) is 33.6 Å². The molecule has 0 unspecified atom stereocenters. The average Bonchev–Trinajstić information content (AvgIpc) is 2.95. The van der Waals surface area contributed by atoms with Gasteiger partial charge in [0, 0.05) is 40.2 Å². The number of hydrogen-bond donors (Lipinski definition) is 0. The van der Waals surface area contributed by atoms with Crippen molar-refractivity contribution in [3.63, 3.8) is 0 Å². The molecule has 188 valence electrons. The first-order valence-electron chi connectivity index (χ1n) is 11.5. The lowest BCUT2D eigenvalue weighted by atomic mass is 10.0. The van der Waals surface area contributed by atoms with E-state index in [-0.39, 0.29) is 11.1 Å². The van der Waals surface area contributed by atoms with Crippen molar-refractivity contribution in [1.82, 2.24) is 0 Å². The van der Waals surface area contributed by atoms with E-state index in [1.165, 1.54) is 24.3 Å². The minimum Gasteiger partial charge on any atom is -0.824 e. The highest BCUT2D eigenvalue weighted by atomic mass is 16.6. The summed E-state index contributed by atoms with van der Waals surface area (Å²) < 4.78 is 4.92. The molecule has 6 nitrogen and oxygen atoms in total. The van der Waals surface area contributed by atoms with Crippen LogP contribution in [0.5, 0.6) is 5.75 Å². The van der Waals surface area contributed by atoms with E-state index in [4.69, 9.17) is 4.74 Å². The molecule has 0 amide bonds. The van der Waals surface area contributed by atoms with Crippen LogP contribution < -0.4 is 20.1 Å². The van der Waals surface area contributed by atoms with Gasteiger partial charge in [-0.05, 0) is 77.9 Å². The van der Waals surface area contributed by atoms with Gasteiger partial charge in [0.15, 0.2) is 0 Å². The van der Waals surface area contributed by atoms with Crippen LogP contribution in [0, 0.1) is 35.5 Å². The second-order valence-electron chi connectivity index (χ2n) is 8.07. The maximum atomic E-state index is 11.0. The molecule has 4 rings (SSSR count). The highest BCUT2D eigenvalue weighted by Gasteiger charge is 1.99. The SMILES string of the molecule is O=C([O-])c1ccc(C#Cc2cc(C#Cc3ccc(OC[O-])cc3)cc(C#Cc3ccc(C(=O)[O-])cc3)c2)cc1. The number of ether oxygens (including phenoxy) is 1. The number of carboxylic acid groups (broad SMARTS) is 2. The van der Waals surface area contributed by atoms with E-state index in [9.17, 15) is 24.9 Å². The fourth-order valence-electron chi connectivity index (χ4n) is 3.36. The molecule has 6 heteroatoms. The van der Waals surface area contributed by atoms with Gasteiger partial charge in [-0.25, -0.2) is 0 Å². The van der Waals surface area contributed by atoms with E-state index < -0.39 is 18.7 Å². The van der Waals surface area contributed by atoms with E-state index in [1.54, 1.807) is 54.6 Å². The summed E-state index contributed by atoms with van der Waals surface area (Å²) in [6.45, 7) is -0.662. The minimum absolute atomic E-state index is 0.0654. The Bertz CT molecular complexity index is 1600. The molecule has 0 saturated heterocycles. The van der Waals surface area contributed by atoms with E-state index in [0.717, 1.165) is 5.56 Å². The van der Waals surface area contributed by atoms with E-state index in [1.807, 2.05) is 12.1 Å². The predicted octanol–water partition coefficient (Wildman–Crippen LogP) is 1.31. The number of aromatic carboxylic acids is 2. The molecule has 0 heterocycles. The van der Waals surface area contributed by atoms with Crippen molar-refractivity contribution >= 4 is 11.9 Å². The summed E-state index contributed by atoms with van der Waals surface area (Å²) in [6.07, 6.45) is 0. The third-order valence-electron chi connectivity index (χ3n) is 5.31. The summed E-state index contributed by atoms with van der Waals surface area (Å²) in [6, 6.07) is 24.3. The lowest BCUT2D eigenvalue weighted by molar-refractivity contribution is -0.413. The molecule has 0 aromatic heterocycles. The smallest absolute Gasteiger partial charge is 0.117 e. The van der Waals surface area contributed by atoms with Crippen LogP contribution in [-0.2, 0) is 0 Å². The van der Waals surface area contributed by atoms with Crippen LogP contribution >= 0.6 is 0 Å². The zero-order valence-electron chi connectivity index (χ0n) is 20.3. The Kier molecular flexibility index (Phi) is 8.42. The Hall–Kier alpha value is -5.74. The molecular formula is C33H17O6-3. The Balaban J connectivity index is 1.67. The topological polar surface area (TPSA) is 113 Å². The molecule has 0 atom stereocenters. The fourth-order valence-corrected chi connectivity index (χ4v) is 3.36. The van der Waals surface area contributed by atoms with Gasteiger partial charge in [0.25, 0.3) is 0 Å². The predicted molar refractivity (Wildman–Crippen MR) is 138 cm³/mol. The van der Waals surface area contributed by atoms with Crippen LogP contribution in [0.25, 0.3) is 0 Å². The van der Waals surface area contributed by atoms with Crippen molar-refractivity contribution in [1.29, 1.82) is 0 Å². The molecule has 0 fully saturated rings. The number of benzene rings is 4. The van der Waals surface area contributed by atoms with Crippen molar-refractivity contribution < 1.29 is 29.6 Å². The van der Waals surface area contributed by atoms with Crippen molar-refractivity contribution in [2.75, 3.05) is 6.79 Å². The van der Waals surface area contributed by atoms with Gasteiger partial charge in [-0.1, -0.05) is 59.8 Å². The summed E-state index contributed by atoms with van der Waals surface area (Å²) >= 11 is 0. The third-order valence-corrected chi connectivity index (χ3v) is 5.31. The molecule has 0 N–H and O–H groups in total. The maximum absolute atomic E-state index is 11.0. The lowest BCUT2D eigenvalue weighted by Gasteiger charge is -2.07. The fraction of sp³-hybridized carbons (Fsp3) is 0.0303. The first-order valence-corrected chi connectivity index (χ1v) is 11.5. The van der Waals surface area contributed by atoms with Crippen LogP contribution in [0.1, 0.15) is 54.1 Å². The van der Waals surface area contributed by atoms with Gasteiger partial charge in [0.05, 0.1) is 11.9 Å². The molecule has 0 aliphatic heterocycles. The molecule has 0 aliphatic rings. The number of carbonyl (C=O) groups is 2. The van der Waals surface area contributed by atoms with Gasteiger partial charge in [0.1, 0.15) is 5.75 Å². The summed E-state index contributed by atoms with van der Waals surface area (Å²) in [5, 5.41) is 32.5. The van der Waals surface area contributed by atoms with Gasteiger partial charge < -0.3 is 29.6 Å².